The molecule has 0 radical (unpaired) electrons. The van der Waals surface area contributed by atoms with Crippen LogP contribution in [0.25, 0.3) is 0 Å². The highest BCUT2D eigenvalue weighted by molar-refractivity contribution is 5.83. The normalized spacial score (nSPS) is 23.1. The number of hydrogen-bond donors (Lipinski definition) is 2. The molecule has 7 heteroatoms. The van der Waals surface area contributed by atoms with Gasteiger partial charge in [0.05, 0.1) is 0 Å². The number of nitrogens with two attached hydrogens (primary N) is 1. The van der Waals surface area contributed by atoms with Crippen LogP contribution < -0.4 is 5.73 Å². The van der Waals surface area contributed by atoms with E-state index in [1.807, 2.05) is 0 Å². The molecule has 4 nitrogen and oxygen atoms in total. The first-order valence-corrected chi connectivity index (χ1v) is 6.81. The van der Waals surface area contributed by atoms with Gasteiger partial charge >= 0.3 is 6.18 Å². The van der Waals surface area contributed by atoms with Gasteiger partial charge < -0.3 is 15.8 Å². The van der Waals surface area contributed by atoms with Gasteiger partial charge in [0, 0.05) is 12.6 Å². The quantitative estimate of drug-likeness (QED) is 0.363. The number of rotatable bonds is 4. The van der Waals surface area contributed by atoms with Crippen molar-refractivity contribution in [2.75, 3.05) is 13.6 Å². The van der Waals surface area contributed by atoms with Crippen LogP contribution in [0, 0.1) is 11.3 Å². The average Bonchev–Trinajstić information content (AvgIpc) is 2.33. The molecule has 20 heavy (non-hydrogen) atoms. The molecule has 3 N–H and O–H groups in total. The molecule has 0 heterocycles. The van der Waals surface area contributed by atoms with E-state index >= 15 is 0 Å². The first-order chi connectivity index (χ1) is 9.07. The van der Waals surface area contributed by atoms with E-state index in [2.05, 4.69) is 19.0 Å². The van der Waals surface area contributed by atoms with Crippen molar-refractivity contribution in [2.24, 2.45) is 22.2 Å². The molecule has 0 aromatic rings. The van der Waals surface area contributed by atoms with E-state index in [-0.39, 0.29) is 18.0 Å². The van der Waals surface area contributed by atoms with Crippen LogP contribution >= 0.6 is 0 Å². The monoisotopic (exact) mass is 295 g/mol. The average molecular weight is 295 g/mol. The maximum Gasteiger partial charge on any atom is 0.400 e. The summed E-state index contributed by atoms with van der Waals surface area (Å²) < 4.78 is 38.7. The zero-order chi connectivity index (χ0) is 15.6. The zero-order valence-corrected chi connectivity index (χ0v) is 12.2. The van der Waals surface area contributed by atoms with Crippen LogP contribution in [0.1, 0.15) is 39.5 Å². The molecule has 1 aliphatic rings. The Bertz CT molecular complexity index is 345. The van der Waals surface area contributed by atoms with Gasteiger partial charge in [0.15, 0.2) is 5.84 Å². The fourth-order valence-electron chi connectivity index (χ4n) is 2.70. The van der Waals surface area contributed by atoms with Crippen LogP contribution in [0.15, 0.2) is 5.16 Å². The lowest BCUT2D eigenvalue weighted by atomic mass is 9.75. The number of halogens is 3. The van der Waals surface area contributed by atoms with Gasteiger partial charge in [-0.15, -0.1) is 0 Å². The van der Waals surface area contributed by atoms with E-state index in [0.717, 1.165) is 25.7 Å². The van der Waals surface area contributed by atoms with Gasteiger partial charge in [0.2, 0.25) is 0 Å². The lowest BCUT2D eigenvalue weighted by molar-refractivity contribution is -0.161. The largest absolute Gasteiger partial charge is 0.409 e. The molecular formula is C13H24F3N3O. The second-order valence-corrected chi connectivity index (χ2v) is 6.45. The Kier molecular flexibility index (Phi) is 5.29. The Hall–Kier alpha value is -0.980. The second kappa shape index (κ2) is 6.20. The summed E-state index contributed by atoms with van der Waals surface area (Å²) >= 11 is 0. The summed E-state index contributed by atoms with van der Waals surface area (Å²) in [5.74, 6) is -2.70. The minimum Gasteiger partial charge on any atom is -0.409 e. The number of nitrogens with zero attached hydrogens (tertiary/aromatic N) is 2. The Balaban J connectivity index is 2.66. The minimum atomic E-state index is -4.50. The summed E-state index contributed by atoms with van der Waals surface area (Å²) in [7, 11) is 1.67. The molecular weight excluding hydrogens is 271 g/mol. The smallest absolute Gasteiger partial charge is 0.400 e. The van der Waals surface area contributed by atoms with Crippen molar-refractivity contribution in [3.8, 4) is 0 Å². The third kappa shape index (κ3) is 4.54. The third-order valence-electron chi connectivity index (χ3n) is 4.27. The molecule has 1 atom stereocenters. The number of oxime groups is 1. The molecule has 0 amide bonds. The number of alkyl halides is 3. The molecule has 0 saturated heterocycles. The highest BCUT2D eigenvalue weighted by atomic mass is 19.4. The van der Waals surface area contributed by atoms with Crippen LogP contribution in [0.5, 0.6) is 0 Å². The summed E-state index contributed by atoms with van der Waals surface area (Å²) in [5.41, 5.74) is 5.45. The summed E-state index contributed by atoms with van der Waals surface area (Å²) in [5, 5.41) is 11.0. The summed E-state index contributed by atoms with van der Waals surface area (Å²) in [6.45, 7) is 4.08. The molecule has 1 unspecified atom stereocenters. The van der Waals surface area contributed by atoms with Crippen LogP contribution in [0.4, 0.5) is 13.2 Å². The Labute approximate surface area is 117 Å². The predicted octanol–water partition coefficient (Wildman–Crippen LogP) is 2.81. The van der Waals surface area contributed by atoms with Gasteiger partial charge in [0.1, 0.15) is 5.92 Å². The molecule has 1 fully saturated rings. The molecule has 0 spiro atoms. The fourth-order valence-corrected chi connectivity index (χ4v) is 2.70. The molecule has 118 valence electrons. The van der Waals surface area contributed by atoms with Gasteiger partial charge in [-0.3, -0.25) is 0 Å². The third-order valence-corrected chi connectivity index (χ3v) is 4.27. The highest BCUT2D eigenvalue weighted by Crippen LogP contribution is 2.37. The van der Waals surface area contributed by atoms with E-state index in [9.17, 15) is 13.2 Å². The topological polar surface area (TPSA) is 61.8 Å². The predicted molar refractivity (Wildman–Crippen MR) is 71.6 cm³/mol. The van der Waals surface area contributed by atoms with Crippen LogP contribution in [-0.2, 0) is 0 Å². The zero-order valence-electron chi connectivity index (χ0n) is 12.2. The molecule has 1 rings (SSSR count). The van der Waals surface area contributed by atoms with Crippen LogP contribution in [-0.4, -0.2) is 41.8 Å². The lowest BCUT2D eigenvalue weighted by Gasteiger charge is -2.39. The van der Waals surface area contributed by atoms with Crippen molar-refractivity contribution in [3.63, 3.8) is 0 Å². The van der Waals surface area contributed by atoms with E-state index in [4.69, 9.17) is 10.9 Å². The maximum atomic E-state index is 12.9. The summed E-state index contributed by atoms with van der Waals surface area (Å²) in [4.78, 5) is 1.69. The fraction of sp³-hybridized carbons (Fsp3) is 0.923. The van der Waals surface area contributed by atoms with E-state index in [1.54, 1.807) is 11.9 Å². The Morgan fingerprint density at radius 3 is 2.30 bits per heavy atom. The maximum absolute atomic E-state index is 12.9. The Morgan fingerprint density at radius 2 is 1.90 bits per heavy atom. The van der Waals surface area contributed by atoms with Crippen molar-refractivity contribution in [3.05, 3.63) is 0 Å². The van der Waals surface area contributed by atoms with Gasteiger partial charge in [0.25, 0.3) is 0 Å². The number of amidine groups is 1. The van der Waals surface area contributed by atoms with Crippen LogP contribution in [0.2, 0.25) is 0 Å². The van der Waals surface area contributed by atoms with Crippen molar-refractivity contribution in [2.45, 2.75) is 51.7 Å². The highest BCUT2D eigenvalue weighted by Gasteiger charge is 2.44. The van der Waals surface area contributed by atoms with E-state index in [1.165, 1.54) is 0 Å². The molecule has 1 saturated carbocycles. The standard InChI is InChI=1S/C13H24F3N3O/c1-12(2)6-4-9(5-7-12)19(3)8-10(11(17)18-20)13(14,15)16/h9-10,20H,4-8H2,1-3H3,(H2,17,18). The van der Waals surface area contributed by atoms with Gasteiger partial charge in [-0.2, -0.15) is 13.2 Å². The molecule has 0 bridgehead atoms. The molecule has 0 aromatic heterocycles. The molecule has 0 aromatic carbocycles. The van der Waals surface area contributed by atoms with Gasteiger partial charge in [-0.05, 0) is 38.1 Å². The first kappa shape index (κ1) is 17.1. The number of hydrogen-bond acceptors (Lipinski definition) is 3. The van der Waals surface area contributed by atoms with Gasteiger partial charge in [-0.1, -0.05) is 19.0 Å². The van der Waals surface area contributed by atoms with Crippen molar-refractivity contribution in [1.82, 2.24) is 4.90 Å². The molecule has 0 aliphatic heterocycles. The van der Waals surface area contributed by atoms with Crippen LogP contribution in [0.3, 0.4) is 0 Å². The summed E-state index contributed by atoms with van der Waals surface area (Å²) in [6, 6.07) is 0.124. The first-order valence-electron chi connectivity index (χ1n) is 6.81. The summed E-state index contributed by atoms with van der Waals surface area (Å²) in [6.07, 6.45) is -0.739. The Morgan fingerprint density at radius 1 is 1.40 bits per heavy atom. The minimum absolute atomic E-state index is 0.124. The van der Waals surface area contributed by atoms with Crippen molar-refractivity contribution in [1.29, 1.82) is 0 Å². The SMILES string of the molecule is CN(CC(C(N)=NO)C(F)(F)F)C1CCC(C)(C)CC1. The van der Waals surface area contributed by atoms with Crippen molar-refractivity contribution < 1.29 is 18.4 Å². The second-order valence-electron chi connectivity index (χ2n) is 6.45. The van der Waals surface area contributed by atoms with E-state index in [0.29, 0.717) is 0 Å². The van der Waals surface area contributed by atoms with Gasteiger partial charge in [-0.25, -0.2) is 0 Å². The molecule has 1 aliphatic carbocycles. The van der Waals surface area contributed by atoms with Crippen molar-refractivity contribution >= 4 is 5.84 Å². The lowest BCUT2D eigenvalue weighted by Crippen LogP contribution is -2.47. The van der Waals surface area contributed by atoms with E-state index < -0.39 is 17.9 Å².